The molecule has 1 N–H and O–H groups in total. The molecule has 0 heterocycles. The lowest BCUT2D eigenvalue weighted by atomic mass is 9.86. The van der Waals surface area contributed by atoms with Crippen LogP contribution in [-0.4, -0.2) is 19.1 Å². The van der Waals surface area contributed by atoms with E-state index in [0.717, 1.165) is 22.6 Å². The minimum atomic E-state index is -0.0758. The second kappa shape index (κ2) is 9.63. The van der Waals surface area contributed by atoms with Gasteiger partial charge in [0.2, 0.25) is 0 Å². The predicted octanol–water partition coefficient (Wildman–Crippen LogP) is 5.35. The zero-order valence-corrected chi connectivity index (χ0v) is 18.0. The Bertz CT molecular complexity index is 791. The lowest BCUT2D eigenvalue weighted by molar-refractivity contribution is 0.0949. The van der Waals surface area contributed by atoms with E-state index >= 15 is 0 Å². The molecule has 0 fully saturated rings. The SMILES string of the molecule is CCOc1ccc(C(=O)NCC(C)C)cc1COc1ccccc1C(C)(C)C. The number of carbonyl (C=O) groups excluding carboxylic acids is 1. The average molecular weight is 384 g/mol. The van der Waals surface area contributed by atoms with E-state index in [1.54, 1.807) is 6.07 Å². The first kappa shape index (κ1) is 21.8. The molecule has 0 aromatic heterocycles. The van der Waals surface area contributed by atoms with Crippen molar-refractivity contribution in [1.82, 2.24) is 5.32 Å². The molecule has 0 bridgehead atoms. The van der Waals surface area contributed by atoms with E-state index in [0.29, 0.717) is 31.2 Å². The van der Waals surface area contributed by atoms with Crippen molar-refractivity contribution in [2.45, 2.75) is 53.6 Å². The molecule has 0 aliphatic heterocycles. The average Bonchev–Trinajstić information content (AvgIpc) is 2.65. The number of carbonyl (C=O) groups is 1. The molecule has 4 heteroatoms. The molecule has 2 aromatic rings. The normalized spacial score (nSPS) is 11.4. The van der Waals surface area contributed by atoms with Gasteiger partial charge in [0.25, 0.3) is 5.91 Å². The molecular formula is C24H33NO3. The van der Waals surface area contributed by atoms with Crippen molar-refractivity contribution < 1.29 is 14.3 Å². The van der Waals surface area contributed by atoms with E-state index in [-0.39, 0.29) is 11.3 Å². The van der Waals surface area contributed by atoms with Crippen LogP contribution in [0.3, 0.4) is 0 Å². The van der Waals surface area contributed by atoms with Gasteiger partial charge in [-0.15, -0.1) is 0 Å². The van der Waals surface area contributed by atoms with Crippen LogP contribution >= 0.6 is 0 Å². The molecule has 0 spiro atoms. The summed E-state index contributed by atoms with van der Waals surface area (Å²) in [5.74, 6) is 1.93. The molecule has 0 saturated carbocycles. The van der Waals surface area contributed by atoms with E-state index in [1.165, 1.54) is 0 Å². The van der Waals surface area contributed by atoms with Gasteiger partial charge in [-0.25, -0.2) is 0 Å². The third-order valence-corrected chi connectivity index (χ3v) is 4.37. The van der Waals surface area contributed by atoms with Crippen molar-refractivity contribution in [1.29, 1.82) is 0 Å². The van der Waals surface area contributed by atoms with Crippen LogP contribution in [0.5, 0.6) is 11.5 Å². The van der Waals surface area contributed by atoms with Crippen LogP contribution < -0.4 is 14.8 Å². The minimum absolute atomic E-state index is 0.0160. The number of amides is 1. The van der Waals surface area contributed by atoms with Crippen LogP contribution in [-0.2, 0) is 12.0 Å². The Morgan fingerprint density at radius 2 is 1.75 bits per heavy atom. The number of para-hydroxylation sites is 1. The third kappa shape index (κ3) is 6.01. The smallest absolute Gasteiger partial charge is 0.251 e. The van der Waals surface area contributed by atoms with Gasteiger partial charge in [0, 0.05) is 17.7 Å². The van der Waals surface area contributed by atoms with Gasteiger partial charge < -0.3 is 14.8 Å². The Hall–Kier alpha value is -2.49. The van der Waals surface area contributed by atoms with Crippen LogP contribution in [0, 0.1) is 5.92 Å². The Morgan fingerprint density at radius 1 is 1.04 bits per heavy atom. The summed E-state index contributed by atoms with van der Waals surface area (Å²) in [6, 6.07) is 13.6. The first-order chi connectivity index (χ1) is 13.2. The van der Waals surface area contributed by atoms with Crippen molar-refractivity contribution in [3.8, 4) is 11.5 Å². The summed E-state index contributed by atoms with van der Waals surface area (Å²) in [6.45, 7) is 14.1. The van der Waals surface area contributed by atoms with Gasteiger partial charge in [0.1, 0.15) is 18.1 Å². The number of hydrogen-bond acceptors (Lipinski definition) is 3. The van der Waals surface area contributed by atoms with Gasteiger partial charge in [0.05, 0.1) is 6.61 Å². The Labute approximate surface area is 169 Å². The monoisotopic (exact) mass is 383 g/mol. The highest BCUT2D eigenvalue weighted by Gasteiger charge is 2.19. The molecule has 2 rings (SSSR count). The zero-order valence-electron chi connectivity index (χ0n) is 18.0. The highest BCUT2D eigenvalue weighted by Crippen LogP contribution is 2.32. The topological polar surface area (TPSA) is 47.6 Å². The van der Waals surface area contributed by atoms with E-state index in [2.05, 4.69) is 46.0 Å². The zero-order chi connectivity index (χ0) is 20.7. The standard InChI is InChI=1S/C24H33NO3/c1-7-27-21-13-12-18(23(26)25-15-17(2)3)14-19(21)16-28-22-11-9-8-10-20(22)24(4,5)6/h8-14,17H,7,15-16H2,1-6H3,(H,25,26). The Balaban J connectivity index is 2.24. The van der Waals surface area contributed by atoms with Crippen molar-refractivity contribution >= 4 is 5.91 Å². The molecule has 0 aliphatic rings. The van der Waals surface area contributed by atoms with Crippen LogP contribution in [0.4, 0.5) is 0 Å². The highest BCUT2D eigenvalue weighted by atomic mass is 16.5. The number of nitrogens with one attached hydrogen (secondary N) is 1. The Kier molecular flexibility index (Phi) is 7.50. The number of hydrogen-bond donors (Lipinski definition) is 1. The summed E-state index contributed by atoms with van der Waals surface area (Å²) in [4.78, 5) is 12.4. The second-order valence-corrected chi connectivity index (χ2v) is 8.39. The summed E-state index contributed by atoms with van der Waals surface area (Å²) in [5.41, 5.74) is 2.62. The molecule has 0 unspecified atom stereocenters. The maximum Gasteiger partial charge on any atom is 0.251 e. The van der Waals surface area contributed by atoms with Gasteiger partial charge in [-0.3, -0.25) is 4.79 Å². The van der Waals surface area contributed by atoms with E-state index in [4.69, 9.17) is 9.47 Å². The number of ether oxygens (including phenoxy) is 2. The van der Waals surface area contributed by atoms with Gasteiger partial charge in [-0.05, 0) is 48.1 Å². The van der Waals surface area contributed by atoms with Crippen molar-refractivity contribution in [3.05, 3.63) is 59.2 Å². The first-order valence-electron chi connectivity index (χ1n) is 9.98. The van der Waals surface area contributed by atoms with Crippen LogP contribution in [0.1, 0.15) is 63.0 Å². The van der Waals surface area contributed by atoms with Gasteiger partial charge in [0.15, 0.2) is 0 Å². The quantitative estimate of drug-likeness (QED) is 0.669. The fraction of sp³-hybridized carbons (Fsp3) is 0.458. The summed E-state index contributed by atoms with van der Waals surface area (Å²) in [6.07, 6.45) is 0. The maximum atomic E-state index is 12.4. The summed E-state index contributed by atoms with van der Waals surface area (Å²) < 4.78 is 11.9. The van der Waals surface area contributed by atoms with Crippen LogP contribution in [0.25, 0.3) is 0 Å². The lowest BCUT2D eigenvalue weighted by Gasteiger charge is -2.23. The van der Waals surface area contributed by atoms with E-state index < -0.39 is 0 Å². The molecule has 0 atom stereocenters. The van der Waals surface area contributed by atoms with Crippen LogP contribution in [0.2, 0.25) is 0 Å². The molecule has 152 valence electrons. The fourth-order valence-electron chi connectivity index (χ4n) is 2.90. The third-order valence-electron chi connectivity index (χ3n) is 4.37. The maximum absolute atomic E-state index is 12.4. The minimum Gasteiger partial charge on any atom is -0.493 e. The molecule has 28 heavy (non-hydrogen) atoms. The Morgan fingerprint density at radius 3 is 2.39 bits per heavy atom. The van der Waals surface area contributed by atoms with Gasteiger partial charge in [-0.1, -0.05) is 52.8 Å². The lowest BCUT2D eigenvalue weighted by Crippen LogP contribution is -2.27. The van der Waals surface area contributed by atoms with Crippen LogP contribution in [0.15, 0.2) is 42.5 Å². The van der Waals surface area contributed by atoms with Crippen molar-refractivity contribution in [2.24, 2.45) is 5.92 Å². The molecule has 1 amide bonds. The summed E-state index contributed by atoms with van der Waals surface area (Å²) >= 11 is 0. The molecule has 0 aliphatic carbocycles. The van der Waals surface area contributed by atoms with E-state index in [1.807, 2.05) is 37.3 Å². The van der Waals surface area contributed by atoms with E-state index in [9.17, 15) is 4.79 Å². The van der Waals surface area contributed by atoms with Gasteiger partial charge >= 0.3 is 0 Å². The van der Waals surface area contributed by atoms with Crippen molar-refractivity contribution in [3.63, 3.8) is 0 Å². The predicted molar refractivity (Wildman–Crippen MR) is 114 cm³/mol. The molecule has 0 radical (unpaired) electrons. The molecule has 0 saturated heterocycles. The fourth-order valence-corrected chi connectivity index (χ4v) is 2.90. The highest BCUT2D eigenvalue weighted by molar-refractivity contribution is 5.94. The number of rotatable bonds is 8. The summed E-state index contributed by atoms with van der Waals surface area (Å²) in [5, 5.41) is 2.96. The number of benzene rings is 2. The molecule has 4 nitrogen and oxygen atoms in total. The second-order valence-electron chi connectivity index (χ2n) is 8.39. The van der Waals surface area contributed by atoms with Crippen molar-refractivity contribution in [2.75, 3.05) is 13.2 Å². The first-order valence-corrected chi connectivity index (χ1v) is 9.98. The van der Waals surface area contributed by atoms with Gasteiger partial charge in [-0.2, -0.15) is 0 Å². The largest absolute Gasteiger partial charge is 0.493 e. The molecule has 2 aromatic carbocycles. The summed E-state index contributed by atoms with van der Waals surface area (Å²) in [7, 11) is 0. The molecular weight excluding hydrogens is 350 g/mol.